The highest BCUT2D eigenvalue weighted by atomic mass is 15.1. The average molecular weight is 903 g/mol. The van der Waals surface area contributed by atoms with E-state index in [9.17, 15) is 0 Å². The van der Waals surface area contributed by atoms with E-state index in [2.05, 4.69) is 289 Å². The number of hydrogen-bond donors (Lipinski definition) is 0. The van der Waals surface area contributed by atoms with E-state index in [1.807, 2.05) is 0 Å². The van der Waals surface area contributed by atoms with Gasteiger partial charge in [-0.15, -0.1) is 0 Å². The largest absolute Gasteiger partial charge is 0.310 e. The molecule has 0 saturated carbocycles. The molecule has 1 aliphatic carbocycles. The van der Waals surface area contributed by atoms with Crippen LogP contribution >= 0.6 is 0 Å². The van der Waals surface area contributed by atoms with Crippen molar-refractivity contribution >= 4 is 60.4 Å². The van der Waals surface area contributed by atoms with Crippen LogP contribution in [-0.4, -0.2) is 4.57 Å². The second-order valence-electron chi connectivity index (χ2n) is 18.8. The molecule has 0 amide bonds. The summed E-state index contributed by atoms with van der Waals surface area (Å²) in [4.78, 5) is 2.47. The molecule has 13 aromatic rings. The lowest BCUT2D eigenvalue weighted by Gasteiger charge is -2.35. The van der Waals surface area contributed by atoms with E-state index < -0.39 is 5.41 Å². The van der Waals surface area contributed by atoms with Crippen molar-refractivity contribution < 1.29 is 0 Å². The molecule has 0 bridgehead atoms. The summed E-state index contributed by atoms with van der Waals surface area (Å²) in [6.07, 6.45) is 0. The number of anilines is 3. The van der Waals surface area contributed by atoms with Gasteiger partial charge in [-0.05, 0) is 138 Å². The minimum atomic E-state index is -0.545. The SMILES string of the molecule is c1ccc(-c2cccc3cccc(-c4ccc(N(c5ccc6c(c5)C(c5ccccc5)(c5ccccc5)c5ccccc5-6)c5ccc6c(c5)c5c7ccccc7ccc5n6-c5ccccc5)cc4)c23)cc1. The number of benzene rings is 12. The highest BCUT2D eigenvalue weighted by Crippen LogP contribution is 2.57. The Balaban J connectivity index is 1.02. The first-order valence-corrected chi connectivity index (χ1v) is 24.6. The first kappa shape index (κ1) is 40.8. The van der Waals surface area contributed by atoms with Crippen LogP contribution in [-0.2, 0) is 5.41 Å². The van der Waals surface area contributed by atoms with Crippen molar-refractivity contribution in [2.75, 3.05) is 4.90 Å². The monoisotopic (exact) mass is 902 g/mol. The molecule has 1 aromatic heterocycles. The lowest BCUT2D eigenvalue weighted by molar-refractivity contribution is 0.768. The molecule has 332 valence electrons. The average Bonchev–Trinajstić information content (AvgIpc) is 3.94. The molecule has 0 aliphatic heterocycles. The van der Waals surface area contributed by atoms with Gasteiger partial charge in [0.15, 0.2) is 0 Å². The second-order valence-corrected chi connectivity index (χ2v) is 18.8. The third-order valence-corrected chi connectivity index (χ3v) is 15.0. The molecule has 2 heteroatoms. The number of aromatic nitrogens is 1. The van der Waals surface area contributed by atoms with Crippen molar-refractivity contribution in [2.24, 2.45) is 0 Å². The zero-order valence-corrected chi connectivity index (χ0v) is 39.0. The zero-order chi connectivity index (χ0) is 46.9. The van der Waals surface area contributed by atoms with Gasteiger partial charge in [-0.1, -0.05) is 218 Å². The topological polar surface area (TPSA) is 8.17 Å². The number of nitrogens with zero attached hydrogens (tertiary/aromatic N) is 2. The molecule has 2 nitrogen and oxygen atoms in total. The van der Waals surface area contributed by atoms with E-state index >= 15 is 0 Å². The maximum atomic E-state index is 2.48. The Morgan fingerprint density at radius 2 is 0.817 bits per heavy atom. The molecule has 0 unspecified atom stereocenters. The van der Waals surface area contributed by atoms with Crippen LogP contribution in [0.1, 0.15) is 22.3 Å². The van der Waals surface area contributed by atoms with Crippen LogP contribution in [0.15, 0.2) is 279 Å². The van der Waals surface area contributed by atoms with Crippen molar-refractivity contribution in [1.82, 2.24) is 4.57 Å². The van der Waals surface area contributed by atoms with E-state index in [1.54, 1.807) is 0 Å². The van der Waals surface area contributed by atoms with Crippen LogP contribution in [0.25, 0.3) is 82.4 Å². The highest BCUT2D eigenvalue weighted by molar-refractivity contribution is 6.22. The molecule has 0 spiro atoms. The third kappa shape index (κ3) is 6.35. The molecular formula is C69H46N2. The molecule has 12 aromatic carbocycles. The number of hydrogen-bond acceptors (Lipinski definition) is 1. The van der Waals surface area contributed by atoms with Gasteiger partial charge < -0.3 is 9.47 Å². The predicted molar refractivity (Wildman–Crippen MR) is 299 cm³/mol. The van der Waals surface area contributed by atoms with Crippen molar-refractivity contribution in [3.63, 3.8) is 0 Å². The fourth-order valence-electron chi connectivity index (χ4n) is 12.0. The summed E-state index contributed by atoms with van der Waals surface area (Å²) in [6.45, 7) is 0. The number of para-hydroxylation sites is 1. The number of rotatable bonds is 8. The number of fused-ring (bicyclic) bond motifs is 9. The zero-order valence-electron chi connectivity index (χ0n) is 39.0. The summed E-state index contributed by atoms with van der Waals surface area (Å²) in [6, 6.07) is 103. The van der Waals surface area contributed by atoms with Crippen LogP contribution in [0.5, 0.6) is 0 Å². The third-order valence-electron chi connectivity index (χ3n) is 15.0. The first-order chi connectivity index (χ1) is 35.2. The van der Waals surface area contributed by atoms with Gasteiger partial charge in [-0.2, -0.15) is 0 Å². The van der Waals surface area contributed by atoms with Crippen LogP contribution < -0.4 is 4.90 Å². The van der Waals surface area contributed by atoms with E-state index in [0.717, 1.165) is 22.7 Å². The summed E-state index contributed by atoms with van der Waals surface area (Å²) in [5, 5.41) is 7.42. The minimum Gasteiger partial charge on any atom is -0.310 e. The molecule has 0 fully saturated rings. The molecule has 14 rings (SSSR count). The van der Waals surface area contributed by atoms with Gasteiger partial charge in [0, 0.05) is 33.5 Å². The fourth-order valence-corrected chi connectivity index (χ4v) is 12.0. The van der Waals surface area contributed by atoms with E-state index in [-0.39, 0.29) is 0 Å². The maximum Gasteiger partial charge on any atom is 0.0714 e. The normalized spacial score (nSPS) is 12.6. The van der Waals surface area contributed by atoms with E-state index in [1.165, 1.54) is 99.0 Å². The summed E-state index contributed by atoms with van der Waals surface area (Å²) in [5.41, 5.74) is 18.6. The molecule has 1 aliphatic rings. The van der Waals surface area contributed by atoms with E-state index in [4.69, 9.17) is 0 Å². The molecule has 0 saturated heterocycles. The fraction of sp³-hybridized carbons (Fsp3) is 0.0145. The molecular weight excluding hydrogens is 857 g/mol. The van der Waals surface area contributed by atoms with Gasteiger partial charge in [-0.25, -0.2) is 0 Å². The predicted octanol–water partition coefficient (Wildman–Crippen LogP) is 18.3. The Bertz CT molecular complexity index is 4090. The van der Waals surface area contributed by atoms with Crippen LogP contribution in [0.2, 0.25) is 0 Å². The molecule has 0 N–H and O–H groups in total. The van der Waals surface area contributed by atoms with E-state index in [0.29, 0.717) is 0 Å². The molecule has 1 heterocycles. The Hall–Kier alpha value is -9.24. The highest BCUT2D eigenvalue weighted by Gasteiger charge is 2.46. The summed E-state index contributed by atoms with van der Waals surface area (Å²) in [7, 11) is 0. The Morgan fingerprint density at radius 1 is 0.296 bits per heavy atom. The van der Waals surface area contributed by atoms with Gasteiger partial charge >= 0.3 is 0 Å². The maximum absolute atomic E-state index is 2.48. The van der Waals surface area contributed by atoms with Crippen molar-refractivity contribution in [3.05, 3.63) is 301 Å². The summed E-state index contributed by atoms with van der Waals surface area (Å²) >= 11 is 0. The molecule has 0 radical (unpaired) electrons. The van der Waals surface area contributed by atoms with Gasteiger partial charge in [0.25, 0.3) is 0 Å². The van der Waals surface area contributed by atoms with Crippen LogP contribution in [0.4, 0.5) is 17.1 Å². The van der Waals surface area contributed by atoms with Crippen LogP contribution in [0.3, 0.4) is 0 Å². The standard InChI is InChI=1S/C69H46N2/c1-5-19-47(20-6-1)57-32-17-22-50-23-18-33-58(67(50)57)49-35-38-54(39-36-49)70(55-41-44-65-62(45-55)68-59-30-14-13-21-48(59)37-43-66(68)71(65)53-28-11-4-12-29-53)56-40-42-61-60-31-15-16-34-63(60)69(64(61)46-56,51-24-7-2-8-25-51)52-26-9-3-10-27-52/h1-46H. The molecule has 71 heavy (non-hydrogen) atoms. The van der Waals surface area contributed by atoms with Gasteiger partial charge in [0.1, 0.15) is 0 Å². The Kier molecular flexibility index (Phi) is 9.47. The second kappa shape index (κ2) is 16.5. The Morgan fingerprint density at radius 3 is 1.54 bits per heavy atom. The lowest BCUT2D eigenvalue weighted by atomic mass is 9.67. The van der Waals surface area contributed by atoms with Gasteiger partial charge in [-0.3, -0.25) is 0 Å². The van der Waals surface area contributed by atoms with Crippen molar-refractivity contribution in [1.29, 1.82) is 0 Å². The van der Waals surface area contributed by atoms with Crippen molar-refractivity contribution in [3.8, 4) is 39.1 Å². The van der Waals surface area contributed by atoms with Crippen LogP contribution in [0, 0.1) is 0 Å². The van der Waals surface area contributed by atoms with Gasteiger partial charge in [0.05, 0.1) is 16.4 Å². The Labute approximate surface area is 413 Å². The lowest BCUT2D eigenvalue weighted by Crippen LogP contribution is -2.28. The summed E-state index contributed by atoms with van der Waals surface area (Å²) in [5.74, 6) is 0. The summed E-state index contributed by atoms with van der Waals surface area (Å²) < 4.78 is 2.43. The molecule has 0 atom stereocenters. The first-order valence-electron chi connectivity index (χ1n) is 24.6. The minimum absolute atomic E-state index is 0.545. The van der Waals surface area contributed by atoms with Gasteiger partial charge in [0.2, 0.25) is 0 Å². The smallest absolute Gasteiger partial charge is 0.0714 e. The quantitative estimate of drug-likeness (QED) is 0.147. The van der Waals surface area contributed by atoms with Crippen molar-refractivity contribution in [2.45, 2.75) is 5.41 Å².